The lowest BCUT2D eigenvalue weighted by molar-refractivity contribution is 0.582. The first-order valence-electron chi connectivity index (χ1n) is 10.1. The zero-order valence-electron chi connectivity index (χ0n) is 17.2. The van der Waals surface area contributed by atoms with Gasteiger partial charge in [-0.3, -0.25) is 4.57 Å². The van der Waals surface area contributed by atoms with E-state index in [9.17, 15) is 8.42 Å². The number of fused-ring (bicyclic) bond motifs is 1. The molecule has 0 spiro atoms. The Bertz CT molecular complexity index is 1160. The van der Waals surface area contributed by atoms with Crippen LogP contribution < -0.4 is 10.0 Å². The maximum Gasteiger partial charge on any atom is 0.240 e. The highest BCUT2D eigenvalue weighted by molar-refractivity contribution is 7.89. The molecule has 2 N–H and O–H groups in total. The molecule has 2 heterocycles. The summed E-state index contributed by atoms with van der Waals surface area (Å²) in [5, 5.41) is 3.17. The average Bonchev–Trinajstić information content (AvgIpc) is 3.16. The lowest BCUT2D eigenvalue weighted by Crippen LogP contribution is -2.29. The molecule has 0 aliphatic heterocycles. The van der Waals surface area contributed by atoms with Gasteiger partial charge in [0.15, 0.2) is 0 Å². The van der Waals surface area contributed by atoms with Crippen LogP contribution in [0.5, 0.6) is 0 Å². The Morgan fingerprint density at radius 2 is 1.83 bits per heavy atom. The molecule has 3 aromatic rings. The highest BCUT2D eigenvalue weighted by Crippen LogP contribution is 2.24. The predicted octanol–water partition coefficient (Wildman–Crippen LogP) is 2.55. The molecule has 0 radical (unpaired) electrons. The quantitative estimate of drug-likeness (QED) is 0.563. The van der Waals surface area contributed by atoms with Crippen LogP contribution in [0.2, 0.25) is 0 Å². The molecular formula is C21H26N6O2S. The summed E-state index contributed by atoms with van der Waals surface area (Å²) in [4.78, 5) is 13.4. The minimum atomic E-state index is -3.54. The Kier molecular flexibility index (Phi) is 5.83. The van der Waals surface area contributed by atoms with Gasteiger partial charge in [0.1, 0.15) is 23.3 Å². The fourth-order valence-corrected chi connectivity index (χ4v) is 4.80. The van der Waals surface area contributed by atoms with E-state index in [-0.39, 0.29) is 6.54 Å². The van der Waals surface area contributed by atoms with Gasteiger partial charge >= 0.3 is 0 Å². The number of hydrogen-bond acceptors (Lipinski definition) is 6. The van der Waals surface area contributed by atoms with E-state index in [1.54, 1.807) is 12.3 Å². The van der Waals surface area contributed by atoms with Crippen molar-refractivity contribution in [3.63, 3.8) is 0 Å². The number of rotatable bonds is 7. The number of aryl methyl sites for hydroxylation is 4. The van der Waals surface area contributed by atoms with E-state index in [2.05, 4.69) is 25.0 Å². The summed E-state index contributed by atoms with van der Waals surface area (Å²) in [7, 11) is -3.54. The van der Waals surface area contributed by atoms with Crippen molar-refractivity contribution in [3.8, 4) is 5.82 Å². The van der Waals surface area contributed by atoms with Crippen molar-refractivity contribution < 1.29 is 8.42 Å². The smallest absolute Gasteiger partial charge is 0.240 e. The Morgan fingerprint density at radius 3 is 2.60 bits per heavy atom. The topological polar surface area (TPSA) is 102 Å². The molecule has 0 fully saturated rings. The SMILES string of the molecule is Cc1nc(NCCNS(=O)(=O)c2ccc3c(c2)CCCC3)cc(-n2ccnc2C)n1. The van der Waals surface area contributed by atoms with Crippen LogP contribution >= 0.6 is 0 Å². The van der Waals surface area contributed by atoms with Crippen LogP contribution in [-0.4, -0.2) is 41.0 Å². The first-order valence-corrected chi connectivity index (χ1v) is 11.6. The fraction of sp³-hybridized carbons (Fsp3) is 0.381. The van der Waals surface area contributed by atoms with Crippen LogP contribution in [0.15, 0.2) is 41.6 Å². The Labute approximate surface area is 176 Å². The van der Waals surface area contributed by atoms with Crippen molar-refractivity contribution in [2.24, 2.45) is 0 Å². The first kappa shape index (κ1) is 20.5. The number of imidazole rings is 1. The van der Waals surface area contributed by atoms with Gasteiger partial charge in [0.25, 0.3) is 0 Å². The van der Waals surface area contributed by atoms with Gasteiger partial charge in [0.2, 0.25) is 10.0 Å². The molecule has 4 rings (SSSR count). The molecular weight excluding hydrogens is 400 g/mol. The monoisotopic (exact) mass is 426 g/mol. The van der Waals surface area contributed by atoms with E-state index in [1.165, 1.54) is 12.0 Å². The molecule has 8 nitrogen and oxygen atoms in total. The van der Waals surface area contributed by atoms with Gasteiger partial charge < -0.3 is 5.32 Å². The van der Waals surface area contributed by atoms with Gasteiger partial charge in [0, 0.05) is 31.5 Å². The molecule has 30 heavy (non-hydrogen) atoms. The fourth-order valence-electron chi connectivity index (χ4n) is 3.72. The number of sulfonamides is 1. The van der Waals surface area contributed by atoms with Crippen molar-refractivity contribution in [2.75, 3.05) is 18.4 Å². The van der Waals surface area contributed by atoms with Gasteiger partial charge in [-0.2, -0.15) is 0 Å². The van der Waals surface area contributed by atoms with Crippen molar-refractivity contribution in [3.05, 3.63) is 59.4 Å². The van der Waals surface area contributed by atoms with E-state index >= 15 is 0 Å². The number of hydrogen-bond donors (Lipinski definition) is 2. The van der Waals surface area contributed by atoms with Crippen LogP contribution in [0.25, 0.3) is 5.82 Å². The molecule has 0 amide bonds. The highest BCUT2D eigenvalue weighted by atomic mass is 32.2. The first-order chi connectivity index (χ1) is 14.4. The summed E-state index contributed by atoms with van der Waals surface area (Å²) in [6.45, 7) is 4.38. The van der Waals surface area contributed by atoms with Gasteiger partial charge in [-0.1, -0.05) is 6.07 Å². The van der Waals surface area contributed by atoms with Gasteiger partial charge in [-0.25, -0.2) is 28.1 Å². The van der Waals surface area contributed by atoms with E-state index in [0.29, 0.717) is 23.1 Å². The highest BCUT2D eigenvalue weighted by Gasteiger charge is 2.17. The lowest BCUT2D eigenvalue weighted by Gasteiger charge is -2.17. The van der Waals surface area contributed by atoms with Crippen molar-refractivity contribution in [1.82, 2.24) is 24.2 Å². The number of aromatic nitrogens is 4. The van der Waals surface area contributed by atoms with Crippen LogP contribution in [0.3, 0.4) is 0 Å². The van der Waals surface area contributed by atoms with E-state index in [4.69, 9.17) is 0 Å². The van der Waals surface area contributed by atoms with Crippen molar-refractivity contribution in [1.29, 1.82) is 0 Å². The summed E-state index contributed by atoms with van der Waals surface area (Å²) in [6, 6.07) is 7.29. The summed E-state index contributed by atoms with van der Waals surface area (Å²) < 4.78 is 29.9. The number of anilines is 1. The summed E-state index contributed by atoms with van der Waals surface area (Å²) >= 11 is 0. The van der Waals surface area contributed by atoms with Gasteiger partial charge in [0.05, 0.1) is 4.90 Å². The third-order valence-corrected chi connectivity index (χ3v) is 6.71. The van der Waals surface area contributed by atoms with Crippen LogP contribution in [0.1, 0.15) is 35.6 Å². The van der Waals surface area contributed by atoms with Gasteiger partial charge in [-0.15, -0.1) is 0 Å². The van der Waals surface area contributed by atoms with E-state index in [1.807, 2.05) is 42.8 Å². The normalized spacial score (nSPS) is 13.8. The maximum atomic E-state index is 12.7. The summed E-state index contributed by atoms with van der Waals surface area (Å²) in [6.07, 6.45) is 7.83. The van der Waals surface area contributed by atoms with Crippen LogP contribution in [0.4, 0.5) is 5.82 Å². The Balaban J connectivity index is 1.38. The second-order valence-corrected chi connectivity index (χ2v) is 9.23. The summed E-state index contributed by atoms with van der Waals surface area (Å²) in [5.41, 5.74) is 2.42. The molecule has 2 aromatic heterocycles. The largest absolute Gasteiger partial charge is 0.369 e. The molecule has 0 saturated carbocycles. The molecule has 1 aliphatic rings. The molecule has 158 valence electrons. The molecule has 0 bridgehead atoms. The molecule has 1 aliphatic carbocycles. The van der Waals surface area contributed by atoms with Crippen LogP contribution in [-0.2, 0) is 22.9 Å². The van der Waals surface area contributed by atoms with Crippen molar-refractivity contribution in [2.45, 2.75) is 44.4 Å². The second-order valence-electron chi connectivity index (χ2n) is 7.47. The number of nitrogens with one attached hydrogen (secondary N) is 2. The summed E-state index contributed by atoms with van der Waals surface area (Å²) in [5.74, 6) is 2.81. The number of nitrogens with zero attached hydrogens (tertiary/aromatic N) is 4. The lowest BCUT2D eigenvalue weighted by atomic mass is 9.92. The van der Waals surface area contributed by atoms with Crippen molar-refractivity contribution >= 4 is 15.8 Å². The Hall–Kier alpha value is -2.78. The maximum absolute atomic E-state index is 12.7. The molecule has 0 atom stereocenters. The molecule has 0 saturated heterocycles. The minimum Gasteiger partial charge on any atom is -0.369 e. The number of benzene rings is 1. The molecule has 0 unspecified atom stereocenters. The van der Waals surface area contributed by atoms with E-state index < -0.39 is 10.0 Å². The standard InChI is InChI=1S/C21H26N6O2S/c1-15-25-20(14-21(26-15)27-12-11-22-16(27)2)23-9-10-24-30(28,29)19-8-7-17-5-3-4-6-18(17)13-19/h7-8,11-14,24H,3-6,9-10H2,1-2H3,(H,23,25,26). The zero-order valence-corrected chi connectivity index (χ0v) is 18.0. The van der Waals surface area contributed by atoms with Crippen LogP contribution in [0, 0.1) is 13.8 Å². The predicted molar refractivity (Wildman–Crippen MR) is 115 cm³/mol. The molecule has 9 heteroatoms. The third-order valence-electron chi connectivity index (χ3n) is 5.25. The Morgan fingerprint density at radius 1 is 1.03 bits per heavy atom. The second kappa shape index (κ2) is 8.53. The van der Waals surface area contributed by atoms with Gasteiger partial charge in [-0.05, 0) is 62.8 Å². The minimum absolute atomic E-state index is 0.252. The zero-order chi connectivity index (χ0) is 21.1. The molecule has 1 aromatic carbocycles. The van der Waals surface area contributed by atoms with E-state index in [0.717, 1.165) is 36.5 Å². The third kappa shape index (κ3) is 4.52. The average molecular weight is 427 g/mol.